The fraction of sp³-hybridized carbons (Fsp3) is 0.333. The SMILES string of the molecule is Cc1nc2c(OCc3c(I)ccc(F)c3F)cccn2c1-c1nc(NCC(C)(C)O)c2c(n1)NC(=O)C2(C)C. The van der Waals surface area contributed by atoms with Crippen LogP contribution in [0.2, 0.25) is 0 Å². The number of hydrogen-bond donors (Lipinski definition) is 3. The van der Waals surface area contributed by atoms with Gasteiger partial charge in [-0.25, -0.2) is 23.7 Å². The lowest BCUT2D eigenvalue weighted by Crippen LogP contribution is -2.32. The Labute approximate surface area is 237 Å². The summed E-state index contributed by atoms with van der Waals surface area (Å²) in [5.74, 6) is -0.620. The van der Waals surface area contributed by atoms with E-state index in [0.29, 0.717) is 49.4 Å². The number of aromatic nitrogens is 4. The summed E-state index contributed by atoms with van der Waals surface area (Å²) >= 11 is 1.94. The van der Waals surface area contributed by atoms with E-state index in [1.54, 1.807) is 57.3 Å². The van der Waals surface area contributed by atoms with Gasteiger partial charge < -0.3 is 20.5 Å². The minimum Gasteiger partial charge on any atom is -0.485 e. The van der Waals surface area contributed by atoms with E-state index in [4.69, 9.17) is 9.72 Å². The molecule has 0 spiro atoms. The van der Waals surface area contributed by atoms with Gasteiger partial charge in [-0.15, -0.1) is 0 Å². The zero-order valence-electron chi connectivity index (χ0n) is 22.0. The minimum absolute atomic E-state index is 0.115. The molecule has 0 fully saturated rings. The Hall–Kier alpha value is -3.39. The number of carbonyl (C=O) groups excluding carboxylic acids is 1. The van der Waals surface area contributed by atoms with E-state index in [1.807, 2.05) is 22.6 Å². The van der Waals surface area contributed by atoms with Crippen LogP contribution in [0.3, 0.4) is 0 Å². The number of ether oxygens (including phenoxy) is 1. The molecule has 5 rings (SSSR count). The molecule has 39 heavy (non-hydrogen) atoms. The van der Waals surface area contributed by atoms with E-state index in [2.05, 4.69) is 20.6 Å². The molecule has 0 aliphatic carbocycles. The topological polar surface area (TPSA) is 114 Å². The van der Waals surface area contributed by atoms with Gasteiger partial charge in [-0.2, -0.15) is 0 Å². The van der Waals surface area contributed by atoms with Gasteiger partial charge in [0.15, 0.2) is 28.9 Å². The molecule has 0 radical (unpaired) electrons. The van der Waals surface area contributed by atoms with Crippen LogP contribution in [0.25, 0.3) is 17.2 Å². The van der Waals surface area contributed by atoms with E-state index in [-0.39, 0.29) is 24.6 Å². The van der Waals surface area contributed by atoms with Gasteiger partial charge in [0.2, 0.25) is 5.91 Å². The first-order chi connectivity index (χ1) is 18.3. The van der Waals surface area contributed by atoms with Crippen LogP contribution in [0.15, 0.2) is 30.5 Å². The molecular formula is C27H27F2IN6O3. The van der Waals surface area contributed by atoms with Crippen molar-refractivity contribution in [3.63, 3.8) is 0 Å². The molecule has 0 saturated carbocycles. The molecule has 1 aliphatic rings. The maximum atomic E-state index is 14.4. The second-order valence-corrected chi connectivity index (χ2v) is 11.7. The number of nitrogens with one attached hydrogen (secondary N) is 2. The van der Waals surface area contributed by atoms with Crippen molar-refractivity contribution < 1.29 is 23.4 Å². The normalized spacial score (nSPS) is 14.4. The standard InChI is InChI=1S/C27H27F2IN6O3/c1-13-20(23-33-21(31-12-26(2,3)38)18-22(34-23)35-25(37)27(18,4)5)36-10-6-7-17(24(36)32-13)39-11-14-16(30)9-8-15(28)19(14)29/h6-10,38H,11-12H2,1-5H3,(H2,31,33,34,35,37). The van der Waals surface area contributed by atoms with E-state index in [1.165, 1.54) is 6.07 Å². The summed E-state index contributed by atoms with van der Waals surface area (Å²) in [5, 5.41) is 16.3. The van der Waals surface area contributed by atoms with E-state index < -0.39 is 22.7 Å². The summed E-state index contributed by atoms with van der Waals surface area (Å²) in [6.45, 7) is 8.72. The Morgan fingerprint density at radius 2 is 1.95 bits per heavy atom. The number of halogens is 3. The molecule has 4 heterocycles. The predicted octanol–water partition coefficient (Wildman–Crippen LogP) is 4.97. The maximum Gasteiger partial charge on any atom is 0.235 e. The minimum atomic E-state index is -1.03. The molecule has 0 atom stereocenters. The molecule has 3 N–H and O–H groups in total. The van der Waals surface area contributed by atoms with Crippen molar-refractivity contribution in [3.05, 3.63) is 62.5 Å². The molecule has 0 unspecified atom stereocenters. The number of anilines is 2. The summed E-state index contributed by atoms with van der Waals surface area (Å²) in [6.07, 6.45) is 1.77. The quantitative estimate of drug-likeness (QED) is 0.192. The predicted molar refractivity (Wildman–Crippen MR) is 151 cm³/mol. The smallest absolute Gasteiger partial charge is 0.235 e. The largest absolute Gasteiger partial charge is 0.485 e. The number of fused-ring (bicyclic) bond motifs is 2. The van der Waals surface area contributed by atoms with Crippen LogP contribution in [0.1, 0.15) is 44.5 Å². The van der Waals surface area contributed by atoms with Crippen LogP contribution < -0.4 is 15.4 Å². The highest BCUT2D eigenvalue weighted by Gasteiger charge is 2.43. The van der Waals surface area contributed by atoms with Gasteiger partial charge in [-0.05, 0) is 81.5 Å². The number of nitrogens with zero attached hydrogens (tertiary/aromatic N) is 4. The summed E-state index contributed by atoms with van der Waals surface area (Å²) in [4.78, 5) is 26.8. The molecular weight excluding hydrogens is 621 g/mol. The first kappa shape index (κ1) is 27.2. The van der Waals surface area contributed by atoms with Crippen molar-refractivity contribution >= 4 is 45.8 Å². The fourth-order valence-corrected chi connectivity index (χ4v) is 5.02. The summed E-state index contributed by atoms with van der Waals surface area (Å²) < 4.78 is 36.4. The Balaban J connectivity index is 1.58. The van der Waals surface area contributed by atoms with Gasteiger partial charge in [0.25, 0.3) is 0 Å². The van der Waals surface area contributed by atoms with Crippen LogP contribution >= 0.6 is 22.6 Å². The number of benzene rings is 1. The number of pyridine rings is 1. The second kappa shape index (κ2) is 9.66. The lowest BCUT2D eigenvalue weighted by atomic mass is 9.87. The van der Waals surface area contributed by atoms with Crippen LogP contribution in [0.5, 0.6) is 5.75 Å². The van der Waals surface area contributed by atoms with Crippen LogP contribution in [0, 0.1) is 22.1 Å². The molecule has 3 aromatic heterocycles. The third kappa shape index (κ3) is 4.91. The lowest BCUT2D eigenvalue weighted by Gasteiger charge is -2.23. The Morgan fingerprint density at radius 3 is 2.67 bits per heavy atom. The zero-order valence-corrected chi connectivity index (χ0v) is 24.1. The van der Waals surface area contributed by atoms with Gasteiger partial charge in [-0.1, -0.05) is 0 Å². The lowest BCUT2D eigenvalue weighted by molar-refractivity contribution is -0.119. The summed E-state index contributed by atoms with van der Waals surface area (Å²) in [7, 11) is 0. The van der Waals surface area contributed by atoms with Crippen molar-refractivity contribution in [1.29, 1.82) is 0 Å². The van der Waals surface area contributed by atoms with E-state index >= 15 is 0 Å². The maximum absolute atomic E-state index is 14.4. The van der Waals surface area contributed by atoms with Crippen molar-refractivity contribution in [2.75, 3.05) is 17.2 Å². The highest BCUT2D eigenvalue weighted by molar-refractivity contribution is 14.1. The summed E-state index contributed by atoms with van der Waals surface area (Å²) in [5.41, 5.74) is 0.421. The van der Waals surface area contributed by atoms with Crippen LogP contribution in [-0.2, 0) is 16.8 Å². The van der Waals surface area contributed by atoms with E-state index in [9.17, 15) is 18.7 Å². The van der Waals surface area contributed by atoms with Gasteiger partial charge in [0.05, 0.1) is 22.3 Å². The first-order valence-electron chi connectivity index (χ1n) is 12.2. The third-order valence-corrected chi connectivity index (χ3v) is 7.54. The van der Waals surface area contributed by atoms with Gasteiger partial charge in [-0.3, -0.25) is 9.20 Å². The number of aliphatic hydroxyl groups is 1. The number of carbonyl (C=O) groups is 1. The number of hydrogen-bond acceptors (Lipinski definition) is 7. The van der Waals surface area contributed by atoms with Crippen molar-refractivity contribution in [2.24, 2.45) is 0 Å². The zero-order chi connectivity index (χ0) is 28.3. The third-order valence-electron chi connectivity index (χ3n) is 6.53. The van der Waals surface area contributed by atoms with Crippen molar-refractivity contribution in [1.82, 2.24) is 19.4 Å². The number of aryl methyl sites for hydroxylation is 1. The number of amides is 1. The van der Waals surface area contributed by atoms with E-state index in [0.717, 1.165) is 6.07 Å². The van der Waals surface area contributed by atoms with Gasteiger partial charge in [0.1, 0.15) is 23.9 Å². The molecule has 12 heteroatoms. The molecule has 1 aliphatic heterocycles. The van der Waals surface area contributed by atoms with Crippen molar-refractivity contribution in [3.8, 4) is 17.3 Å². The average Bonchev–Trinajstić information content (AvgIpc) is 3.31. The second-order valence-electron chi connectivity index (χ2n) is 10.6. The fourth-order valence-electron chi connectivity index (χ4n) is 4.44. The van der Waals surface area contributed by atoms with Gasteiger partial charge >= 0.3 is 0 Å². The molecule has 204 valence electrons. The molecule has 1 amide bonds. The monoisotopic (exact) mass is 648 g/mol. The van der Waals surface area contributed by atoms with Crippen LogP contribution in [-0.4, -0.2) is 42.5 Å². The summed E-state index contributed by atoms with van der Waals surface area (Å²) in [6, 6.07) is 6.00. The molecule has 0 bridgehead atoms. The highest BCUT2D eigenvalue weighted by Crippen LogP contribution is 2.42. The number of rotatable bonds is 7. The van der Waals surface area contributed by atoms with Crippen molar-refractivity contribution in [2.45, 2.75) is 52.2 Å². The molecule has 4 aromatic rings. The first-order valence-corrected chi connectivity index (χ1v) is 13.3. The Bertz CT molecular complexity index is 1630. The van der Waals surface area contributed by atoms with Gasteiger partial charge in [0, 0.05) is 21.9 Å². The average molecular weight is 648 g/mol. The Morgan fingerprint density at radius 1 is 1.21 bits per heavy atom. The highest BCUT2D eigenvalue weighted by atomic mass is 127. The molecule has 9 nitrogen and oxygen atoms in total. The molecule has 0 saturated heterocycles. The Kier molecular flexibility index (Phi) is 6.74. The number of imidazole rings is 1. The van der Waals surface area contributed by atoms with Crippen LogP contribution in [0.4, 0.5) is 20.4 Å². The molecule has 1 aromatic carbocycles.